The third-order valence-electron chi connectivity index (χ3n) is 6.53. The van der Waals surface area contributed by atoms with Crippen LogP contribution in [0.15, 0.2) is 18.2 Å². The third-order valence-corrected chi connectivity index (χ3v) is 6.53. The maximum absolute atomic E-state index is 6.64. The highest BCUT2D eigenvalue weighted by molar-refractivity contribution is 5.40. The molecule has 0 aromatic heterocycles. The molecule has 106 valence electrons. The quantitative estimate of drug-likeness (QED) is 0.894. The van der Waals surface area contributed by atoms with Crippen LogP contribution in [-0.2, 0) is 6.42 Å². The van der Waals surface area contributed by atoms with Gasteiger partial charge in [0.15, 0.2) is 0 Å². The summed E-state index contributed by atoms with van der Waals surface area (Å²) in [6.07, 6.45) is 6.76. The van der Waals surface area contributed by atoms with Crippen LogP contribution < -0.4 is 10.5 Å². The first-order chi connectivity index (χ1) is 9.83. The van der Waals surface area contributed by atoms with Gasteiger partial charge in [0.25, 0.3) is 0 Å². The van der Waals surface area contributed by atoms with Gasteiger partial charge >= 0.3 is 0 Å². The summed E-state index contributed by atoms with van der Waals surface area (Å²) in [4.78, 5) is 0. The van der Waals surface area contributed by atoms with Crippen molar-refractivity contribution in [3.05, 3.63) is 29.3 Å². The van der Waals surface area contributed by atoms with Crippen molar-refractivity contribution >= 4 is 0 Å². The molecule has 0 radical (unpaired) electrons. The molecule has 2 N–H and O–H groups in total. The number of benzene rings is 1. The van der Waals surface area contributed by atoms with Crippen LogP contribution in [0.3, 0.4) is 0 Å². The molecular weight excluding hydrogens is 246 g/mol. The monoisotopic (exact) mass is 269 g/mol. The lowest BCUT2D eigenvalue weighted by Gasteiger charge is -2.21. The van der Waals surface area contributed by atoms with Crippen molar-refractivity contribution in [3.63, 3.8) is 0 Å². The Balaban J connectivity index is 1.41. The first kappa shape index (κ1) is 11.6. The number of fused-ring (bicyclic) bond motifs is 6. The fourth-order valence-corrected chi connectivity index (χ4v) is 5.68. The minimum absolute atomic E-state index is 0.264. The Labute approximate surface area is 120 Å². The molecule has 5 rings (SSSR count). The van der Waals surface area contributed by atoms with Gasteiger partial charge in [-0.3, -0.25) is 0 Å². The SMILES string of the molecule is NC(c1ccc2c(c1)CCCO2)C1C2C3CCC(C3)C21. The van der Waals surface area contributed by atoms with E-state index in [2.05, 4.69) is 18.2 Å². The summed E-state index contributed by atoms with van der Waals surface area (Å²) in [6, 6.07) is 6.96. The largest absolute Gasteiger partial charge is 0.493 e. The van der Waals surface area contributed by atoms with E-state index in [-0.39, 0.29) is 6.04 Å². The van der Waals surface area contributed by atoms with Crippen LogP contribution in [0, 0.1) is 29.6 Å². The van der Waals surface area contributed by atoms with Crippen molar-refractivity contribution in [3.8, 4) is 5.75 Å². The van der Waals surface area contributed by atoms with Crippen molar-refractivity contribution in [1.29, 1.82) is 0 Å². The molecule has 2 bridgehead atoms. The standard InChI is InChI=1S/C18H23NO/c19-18(17-15-11-3-4-12(9-11)16(15)17)13-5-6-14-10(8-13)2-1-7-20-14/h5-6,8,11-12,15-18H,1-4,7,9,19H2. The lowest BCUT2D eigenvalue weighted by atomic mass is 9.92. The van der Waals surface area contributed by atoms with Gasteiger partial charge in [-0.15, -0.1) is 0 Å². The van der Waals surface area contributed by atoms with Crippen LogP contribution in [0.5, 0.6) is 5.75 Å². The molecule has 0 saturated heterocycles. The van der Waals surface area contributed by atoms with E-state index in [1.54, 1.807) is 0 Å². The second-order valence-electron chi connectivity index (χ2n) is 7.41. The lowest BCUT2D eigenvalue weighted by Crippen LogP contribution is -2.18. The molecular formula is C18H23NO. The van der Waals surface area contributed by atoms with Crippen LogP contribution in [-0.4, -0.2) is 6.61 Å². The summed E-state index contributed by atoms with van der Waals surface area (Å²) in [6.45, 7) is 0.870. The number of hydrogen-bond donors (Lipinski definition) is 1. The normalized spacial score (nSPS) is 41.8. The number of aryl methyl sites for hydroxylation is 1. The molecule has 2 nitrogen and oxygen atoms in total. The third kappa shape index (κ3) is 1.49. The molecule has 5 atom stereocenters. The highest BCUT2D eigenvalue weighted by Gasteiger charge is 2.66. The molecule has 0 amide bonds. The van der Waals surface area contributed by atoms with Crippen LogP contribution in [0.4, 0.5) is 0 Å². The summed E-state index contributed by atoms with van der Waals surface area (Å²) >= 11 is 0. The summed E-state index contributed by atoms with van der Waals surface area (Å²) < 4.78 is 5.71. The zero-order chi connectivity index (χ0) is 13.3. The summed E-state index contributed by atoms with van der Waals surface area (Å²) in [5.74, 6) is 5.84. The van der Waals surface area contributed by atoms with Gasteiger partial charge < -0.3 is 10.5 Å². The Morgan fingerprint density at radius 3 is 2.75 bits per heavy atom. The number of rotatable bonds is 2. The lowest BCUT2D eigenvalue weighted by molar-refractivity contribution is 0.288. The highest BCUT2D eigenvalue weighted by Crippen LogP contribution is 2.71. The molecule has 5 unspecified atom stereocenters. The van der Waals surface area contributed by atoms with Crippen molar-refractivity contribution in [2.24, 2.45) is 35.3 Å². The fraction of sp³-hybridized carbons (Fsp3) is 0.667. The van der Waals surface area contributed by atoms with Crippen molar-refractivity contribution in [2.75, 3.05) is 6.61 Å². The van der Waals surface area contributed by atoms with Gasteiger partial charge in [-0.05, 0) is 78.9 Å². The van der Waals surface area contributed by atoms with E-state index >= 15 is 0 Å². The zero-order valence-corrected chi connectivity index (χ0v) is 11.9. The molecule has 20 heavy (non-hydrogen) atoms. The molecule has 3 fully saturated rings. The molecule has 2 heteroatoms. The molecule has 3 aliphatic carbocycles. The van der Waals surface area contributed by atoms with E-state index in [1.807, 2.05) is 0 Å². The molecule has 1 heterocycles. The van der Waals surface area contributed by atoms with E-state index in [9.17, 15) is 0 Å². The van der Waals surface area contributed by atoms with Crippen LogP contribution in [0.2, 0.25) is 0 Å². The topological polar surface area (TPSA) is 35.2 Å². The molecule has 0 spiro atoms. The Morgan fingerprint density at radius 1 is 1.15 bits per heavy atom. The van der Waals surface area contributed by atoms with E-state index in [0.29, 0.717) is 0 Å². The van der Waals surface area contributed by atoms with Gasteiger partial charge in [0.05, 0.1) is 6.61 Å². The smallest absolute Gasteiger partial charge is 0.122 e. The average Bonchev–Trinajstić information content (AvgIpc) is 2.93. The number of hydrogen-bond acceptors (Lipinski definition) is 2. The van der Waals surface area contributed by atoms with Gasteiger partial charge in [-0.2, -0.15) is 0 Å². The molecule has 4 aliphatic rings. The molecule has 3 saturated carbocycles. The van der Waals surface area contributed by atoms with E-state index < -0.39 is 0 Å². The van der Waals surface area contributed by atoms with Crippen molar-refractivity contribution in [2.45, 2.75) is 38.1 Å². The van der Waals surface area contributed by atoms with Crippen LogP contribution >= 0.6 is 0 Å². The summed E-state index contributed by atoms with van der Waals surface area (Å²) in [5, 5.41) is 0. The van der Waals surface area contributed by atoms with E-state index in [1.165, 1.54) is 30.4 Å². The first-order valence-corrected chi connectivity index (χ1v) is 8.34. The number of ether oxygens (including phenoxy) is 1. The Bertz CT molecular complexity index is 538. The summed E-state index contributed by atoms with van der Waals surface area (Å²) in [5.41, 5.74) is 9.36. The highest BCUT2D eigenvalue weighted by atomic mass is 16.5. The van der Waals surface area contributed by atoms with E-state index in [4.69, 9.17) is 10.5 Å². The summed E-state index contributed by atoms with van der Waals surface area (Å²) in [7, 11) is 0. The second kappa shape index (κ2) is 4.00. The number of nitrogens with two attached hydrogens (primary N) is 1. The van der Waals surface area contributed by atoms with Gasteiger partial charge in [-0.1, -0.05) is 12.1 Å². The van der Waals surface area contributed by atoms with Crippen molar-refractivity contribution in [1.82, 2.24) is 0 Å². The predicted molar refractivity (Wildman–Crippen MR) is 78.5 cm³/mol. The zero-order valence-electron chi connectivity index (χ0n) is 11.9. The van der Waals surface area contributed by atoms with Gasteiger partial charge in [0.2, 0.25) is 0 Å². The molecule has 1 aromatic carbocycles. The van der Waals surface area contributed by atoms with E-state index in [0.717, 1.165) is 54.8 Å². The minimum atomic E-state index is 0.264. The maximum Gasteiger partial charge on any atom is 0.122 e. The van der Waals surface area contributed by atoms with Gasteiger partial charge in [-0.25, -0.2) is 0 Å². The Morgan fingerprint density at radius 2 is 1.95 bits per heavy atom. The molecule has 1 aromatic rings. The Kier molecular flexibility index (Phi) is 2.33. The predicted octanol–water partition coefficient (Wildman–Crippen LogP) is 3.30. The minimum Gasteiger partial charge on any atom is -0.493 e. The molecule has 1 aliphatic heterocycles. The average molecular weight is 269 g/mol. The fourth-order valence-electron chi connectivity index (χ4n) is 5.68. The maximum atomic E-state index is 6.64. The second-order valence-corrected chi connectivity index (χ2v) is 7.41. The Hall–Kier alpha value is -1.02. The van der Waals surface area contributed by atoms with Crippen LogP contribution in [0.1, 0.15) is 42.9 Å². The van der Waals surface area contributed by atoms with Crippen molar-refractivity contribution < 1.29 is 4.74 Å². The van der Waals surface area contributed by atoms with Gasteiger partial charge in [0, 0.05) is 6.04 Å². The first-order valence-electron chi connectivity index (χ1n) is 8.34. The van der Waals surface area contributed by atoms with Crippen LogP contribution in [0.25, 0.3) is 0 Å². The van der Waals surface area contributed by atoms with Gasteiger partial charge in [0.1, 0.15) is 5.75 Å².